The Balaban J connectivity index is 1.32. The van der Waals surface area contributed by atoms with E-state index in [-0.39, 0.29) is 6.54 Å². The van der Waals surface area contributed by atoms with Crippen LogP contribution in [0.4, 0.5) is 15.0 Å². The number of rotatable bonds is 6. The molecule has 0 saturated carbocycles. The number of benzene rings is 1. The molecule has 8 nitrogen and oxygen atoms in total. The van der Waals surface area contributed by atoms with Gasteiger partial charge in [0.2, 0.25) is 5.91 Å². The molecule has 2 fully saturated rings. The summed E-state index contributed by atoms with van der Waals surface area (Å²) in [4.78, 5) is 45.4. The maximum absolute atomic E-state index is 13.2. The van der Waals surface area contributed by atoms with Gasteiger partial charge in [0.25, 0.3) is 5.91 Å². The highest BCUT2D eigenvalue weighted by Gasteiger charge is 2.49. The summed E-state index contributed by atoms with van der Waals surface area (Å²) in [6.45, 7) is 3.39. The van der Waals surface area contributed by atoms with Gasteiger partial charge in [-0.25, -0.2) is 14.2 Å². The molecule has 2 aliphatic heterocycles. The zero-order valence-corrected chi connectivity index (χ0v) is 18.6. The van der Waals surface area contributed by atoms with Gasteiger partial charge in [-0.15, -0.1) is 0 Å². The molecule has 0 bridgehead atoms. The minimum atomic E-state index is -1.35. The molecule has 2 N–H and O–H groups in total. The lowest BCUT2D eigenvalue weighted by molar-refractivity contribution is -0.134. The van der Waals surface area contributed by atoms with E-state index in [9.17, 15) is 18.8 Å². The van der Waals surface area contributed by atoms with Gasteiger partial charge in [0.15, 0.2) is 0 Å². The second-order valence-corrected chi connectivity index (χ2v) is 8.66. The SMILES string of the molecule is CC1(c2ccc(F)cc2)NC(=O)N(CC(=O)NCc2ccc(N3CCCCCC3)nc2)C1=O. The number of nitrogens with zero attached hydrogens (tertiary/aromatic N) is 3. The number of carbonyl (C=O) groups excluding carboxylic acids is 3. The Hall–Kier alpha value is -3.49. The van der Waals surface area contributed by atoms with Crippen molar-refractivity contribution in [3.05, 3.63) is 59.5 Å². The van der Waals surface area contributed by atoms with E-state index in [1.807, 2.05) is 12.1 Å². The summed E-state index contributed by atoms with van der Waals surface area (Å²) >= 11 is 0. The van der Waals surface area contributed by atoms with Gasteiger partial charge in [-0.2, -0.15) is 0 Å². The molecule has 2 saturated heterocycles. The minimum absolute atomic E-state index is 0.241. The van der Waals surface area contributed by atoms with Gasteiger partial charge >= 0.3 is 6.03 Å². The first-order chi connectivity index (χ1) is 15.9. The van der Waals surface area contributed by atoms with E-state index < -0.39 is 35.7 Å². The zero-order valence-electron chi connectivity index (χ0n) is 18.6. The lowest BCUT2D eigenvalue weighted by Crippen LogP contribution is -2.43. The monoisotopic (exact) mass is 453 g/mol. The van der Waals surface area contributed by atoms with Crippen LogP contribution >= 0.6 is 0 Å². The summed E-state index contributed by atoms with van der Waals surface area (Å²) in [5.74, 6) is -0.521. The predicted molar refractivity (Wildman–Crippen MR) is 121 cm³/mol. The van der Waals surface area contributed by atoms with Crippen LogP contribution in [0.25, 0.3) is 0 Å². The van der Waals surface area contributed by atoms with Crippen LogP contribution in [0.5, 0.6) is 0 Å². The van der Waals surface area contributed by atoms with Crippen LogP contribution in [0, 0.1) is 5.82 Å². The van der Waals surface area contributed by atoms with E-state index in [2.05, 4.69) is 20.5 Å². The first kappa shape index (κ1) is 22.7. The molecule has 1 atom stereocenters. The Morgan fingerprint density at radius 2 is 1.79 bits per heavy atom. The summed E-state index contributed by atoms with van der Waals surface area (Å²) < 4.78 is 13.2. The van der Waals surface area contributed by atoms with Crippen molar-refractivity contribution in [1.82, 2.24) is 20.5 Å². The fourth-order valence-electron chi connectivity index (χ4n) is 4.23. The maximum atomic E-state index is 13.2. The second-order valence-electron chi connectivity index (χ2n) is 8.66. The Morgan fingerprint density at radius 1 is 1.09 bits per heavy atom. The number of aromatic nitrogens is 1. The van der Waals surface area contributed by atoms with Crippen molar-refractivity contribution in [2.75, 3.05) is 24.5 Å². The van der Waals surface area contributed by atoms with Crippen molar-refractivity contribution in [2.45, 2.75) is 44.7 Å². The summed E-state index contributed by atoms with van der Waals surface area (Å²) in [7, 11) is 0. The van der Waals surface area contributed by atoms with Gasteiger partial charge < -0.3 is 15.5 Å². The normalized spacial score (nSPS) is 21.0. The van der Waals surface area contributed by atoms with Crippen molar-refractivity contribution in [1.29, 1.82) is 0 Å². The molecule has 174 valence electrons. The summed E-state index contributed by atoms with van der Waals surface area (Å²) in [6.07, 6.45) is 6.58. The quantitative estimate of drug-likeness (QED) is 0.656. The summed E-state index contributed by atoms with van der Waals surface area (Å²) in [5.41, 5.74) is -0.0750. The molecule has 0 radical (unpaired) electrons. The van der Waals surface area contributed by atoms with Crippen molar-refractivity contribution in [3.63, 3.8) is 0 Å². The number of nitrogens with one attached hydrogen (secondary N) is 2. The Labute approximate surface area is 192 Å². The van der Waals surface area contributed by atoms with Crippen LogP contribution in [0.2, 0.25) is 0 Å². The van der Waals surface area contributed by atoms with E-state index in [0.717, 1.165) is 29.4 Å². The average Bonchev–Trinajstić information content (AvgIpc) is 3.01. The molecule has 33 heavy (non-hydrogen) atoms. The first-order valence-corrected chi connectivity index (χ1v) is 11.2. The molecule has 1 aromatic heterocycles. The van der Waals surface area contributed by atoms with Gasteiger partial charge in [-0.05, 0) is 49.1 Å². The van der Waals surface area contributed by atoms with Gasteiger partial charge in [0, 0.05) is 25.8 Å². The number of amides is 4. The molecule has 1 unspecified atom stereocenters. The fourth-order valence-corrected chi connectivity index (χ4v) is 4.23. The summed E-state index contributed by atoms with van der Waals surface area (Å²) in [6, 6.07) is 8.55. The smallest absolute Gasteiger partial charge is 0.325 e. The van der Waals surface area contributed by atoms with Gasteiger partial charge in [0.1, 0.15) is 23.7 Å². The lowest BCUT2D eigenvalue weighted by atomic mass is 9.92. The van der Waals surface area contributed by atoms with E-state index in [0.29, 0.717) is 5.56 Å². The number of hydrogen-bond acceptors (Lipinski definition) is 5. The molecule has 0 aliphatic carbocycles. The standard InChI is InChI=1S/C24H28FN5O3/c1-24(18-7-9-19(25)10-8-18)22(32)30(23(33)28-24)16-21(31)27-15-17-6-11-20(26-14-17)29-12-4-2-3-5-13-29/h6-11,14H,2-5,12-13,15-16H2,1H3,(H,27,31)(H,28,33). The average molecular weight is 454 g/mol. The number of anilines is 1. The van der Waals surface area contributed by atoms with Crippen molar-refractivity contribution >= 4 is 23.7 Å². The van der Waals surface area contributed by atoms with Gasteiger partial charge in [-0.1, -0.05) is 31.0 Å². The molecular weight excluding hydrogens is 425 g/mol. The number of urea groups is 1. The third-order valence-corrected chi connectivity index (χ3v) is 6.23. The summed E-state index contributed by atoms with van der Waals surface area (Å²) in [5, 5.41) is 5.34. The highest BCUT2D eigenvalue weighted by atomic mass is 19.1. The second kappa shape index (κ2) is 9.56. The van der Waals surface area contributed by atoms with Crippen LogP contribution in [0.1, 0.15) is 43.7 Å². The molecule has 1 aromatic carbocycles. The van der Waals surface area contributed by atoms with Crippen LogP contribution in [0.3, 0.4) is 0 Å². The molecule has 0 spiro atoms. The number of pyridine rings is 1. The molecule has 2 aromatic rings. The lowest BCUT2D eigenvalue weighted by Gasteiger charge is -2.22. The van der Waals surface area contributed by atoms with Crippen LogP contribution in [0.15, 0.2) is 42.6 Å². The Kier molecular flexibility index (Phi) is 6.57. The molecular formula is C24H28FN5O3. The number of halogens is 1. The first-order valence-electron chi connectivity index (χ1n) is 11.2. The van der Waals surface area contributed by atoms with E-state index in [4.69, 9.17) is 0 Å². The van der Waals surface area contributed by atoms with Crippen LogP contribution in [-0.4, -0.2) is 47.4 Å². The minimum Gasteiger partial charge on any atom is -0.357 e. The Morgan fingerprint density at radius 3 is 2.42 bits per heavy atom. The number of hydrogen-bond donors (Lipinski definition) is 2. The van der Waals surface area contributed by atoms with E-state index in [1.165, 1.54) is 56.9 Å². The third kappa shape index (κ3) is 4.97. The van der Waals surface area contributed by atoms with E-state index in [1.54, 1.807) is 6.20 Å². The fraction of sp³-hybridized carbons (Fsp3) is 0.417. The van der Waals surface area contributed by atoms with Crippen molar-refractivity contribution < 1.29 is 18.8 Å². The maximum Gasteiger partial charge on any atom is 0.325 e. The van der Waals surface area contributed by atoms with Crippen molar-refractivity contribution in [3.8, 4) is 0 Å². The molecule has 3 heterocycles. The number of imide groups is 1. The highest BCUT2D eigenvalue weighted by Crippen LogP contribution is 2.28. The van der Waals surface area contributed by atoms with Gasteiger partial charge in [-0.3, -0.25) is 14.5 Å². The van der Waals surface area contributed by atoms with Crippen LogP contribution in [-0.2, 0) is 21.7 Å². The molecule has 2 aliphatic rings. The molecule has 9 heteroatoms. The van der Waals surface area contributed by atoms with Gasteiger partial charge in [0.05, 0.1) is 0 Å². The Bertz CT molecular complexity index is 1020. The zero-order chi connectivity index (χ0) is 23.4. The number of carbonyl (C=O) groups is 3. The van der Waals surface area contributed by atoms with Crippen molar-refractivity contribution in [2.24, 2.45) is 0 Å². The molecule has 4 amide bonds. The topological polar surface area (TPSA) is 94.6 Å². The molecule has 4 rings (SSSR count). The third-order valence-electron chi connectivity index (χ3n) is 6.23. The largest absolute Gasteiger partial charge is 0.357 e. The van der Waals surface area contributed by atoms with E-state index >= 15 is 0 Å². The highest BCUT2D eigenvalue weighted by molar-refractivity contribution is 6.09. The predicted octanol–water partition coefficient (Wildman–Crippen LogP) is 2.68. The van der Waals surface area contributed by atoms with Crippen LogP contribution < -0.4 is 15.5 Å².